The third-order valence-electron chi connectivity index (χ3n) is 6.99. The SMILES string of the molecule is O=S(=O)([O-])C(F)(F)F.[Ag].c1ccc(-c2ccccn2)nc1.c1ccc([PH+](CC[PH+](c2ccccc2)c2ccccc2)c2ccccc2)cc1. The van der Waals surface area contributed by atoms with Crippen LogP contribution in [0.25, 0.3) is 11.4 Å². The first kappa shape index (κ1) is 39.9. The van der Waals surface area contributed by atoms with Gasteiger partial charge in [0, 0.05) is 34.8 Å². The van der Waals surface area contributed by atoms with Gasteiger partial charge in [0.25, 0.3) is 0 Å². The molecule has 0 N–H and O–H groups in total. The molecular weight excluding hydrogens is 779 g/mol. The van der Waals surface area contributed by atoms with Crippen molar-refractivity contribution in [2.45, 2.75) is 5.51 Å². The van der Waals surface area contributed by atoms with Crippen LogP contribution in [0.1, 0.15) is 0 Å². The van der Waals surface area contributed by atoms with Gasteiger partial charge in [-0.25, -0.2) is 8.42 Å². The molecule has 0 bridgehead atoms. The van der Waals surface area contributed by atoms with E-state index in [1.165, 1.54) is 33.5 Å². The Morgan fingerprint density at radius 2 is 0.735 bits per heavy atom. The summed E-state index contributed by atoms with van der Waals surface area (Å²) in [5, 5.41) is 6.06. The third kappa shape index (κ3) is 13.0. The molecule has 5 nitrogen and oxygen atoms in total. The molecule has 4 aromatic carbocycles. The summed E-state index contributed by atoms with van der Waals surface area (Å²) in [6.07, 6.45) is 6.06. The van der Waals surface area contributed by atoms with Crippen molar-refractivity contribution in [3.05, 3.63) is 170 Å². The van der Waals surface area contributed by atoms with E-state index < -0.39 is 31.5 Å². The first-order valence-corrected chi connectivity index (χ1v) is 19.7. The molecule has 0 saturated heterocycles. The van der Waals surface area contributed by atoms with E-state index in [1.54, 1.807) is 12.4 Å². The maximum atomic E-state index is 10.7. The summed E-state index contributed by atoms with van der Waals surface area (Å²) < 4.78 is 58.9. The third-order valence-corrected chi connectivity index (χ3v) is 13.7. The number of alkyl halides is 3. The van der Waals surface area contributed by atoms with Gasteiger partial charge in [0.2, 0.25) is 0 Å². The predicted molar refractivity (Wildman–Crippen MR) is 194 cm³/mol. The summed E-state index contributed by atoms with van der Waals surface area (Å²) in [4.78, 5) is 8.37. The molecule has 0 atom stereocenters. The number of halogens is 3. The Balaban J connectivity index is 0.000000255. The standard InChI is InChI=1S/C26H24P2.C10H8N2.CHF3O3S.Ag/c1-5-13-23(14-6-1)27(24-15-7-2-8-16-24)21-22-28(25-17-9-3-10-18-25)26-19-11-4-12-20-26;1-3-7-11-9(5-1)10-6-2-4-8-12-10;2-1(3,4)8(5,6)7;/h1-20H,21-22H2;1-8H;(H,5,6,7);/p+1. The molecule has 0 saturated carbocycles. The molecule has 0 unspecified atom stereocenters. The average Bonchev–Trinajstić information content (AvgIpc) is 3.12. The Morgan fingerprint density at radius 1 is 0.490 bits per heavy atom. The fraction of sp³-hybridized carbons (Fsp3) is 0.0811. The second kappa shape index (κ2) is 20.2. The minimum Gasteiger partial charge on any atom is -0.741 e. The molecule has 49 heavy (non-hydrogen) atoms. The number of hydrogen-bond acceptors (Lipinski definition) is 5. The Kier molecular flexibility index (Phi) is 16.5. The molecule has 0 aliphatic carbocycles. The van der Waals surface area contributed by atoms with Gasteiger partial charge in [0.15, 0.2) is 10.1 Å². The molecule has 6 aromatic rings. The monoisotopic (exact) mass is 812 g/mol. The molecule has 0 fully saturated rings. The van der Waals surface area contributed by atoms with Crippen molar-refractivity contribution >= 4 is 47.2 Å². The minimum atomic E-state index is -6.09. The maximum absolute atomic E-state index is 10.7. The van der Waals surface area contributed by atoms with Gasteiger partial charge in [-0.3, -0.25) is 9.97 Å². The van der Waals surface area contributed by atoms with Crippen molar-refractivity contribution in [3.63, 3.8) is 0 Å². The summed E-state index contributed by atoms with van der Waals surface area (Å²) in [5.74, 6) is 0. The van der Waals surface area contributed by atoms with Crippen molar-refractivity contribution in [2.24, 2.45) is 0 Å². The topological polar surface area (TPSA) is 83.0 Å². The molecule has 12 heteroatoms. The molecule has 0 spiro atoms. The summed E-state index contributed by atoms with van der Waals surface area (Å²) >= 11 is 0. The molecule has 0 amide bonds. The molecule has 6 rings (SSSR count). The van der Waals surface area contributed by atoms with Gasteiger partial charge in [0.05, 0.1) is 48.4 Å². The van der Waals surface area contributed by atoms with Crippen molar-refractivity contribution in [1.82, 2.24) is 9.97 Å². The molecule has 0 aliphatic heterocycles. The summed E-state index contributed by atoms with van der Waals surface area (Å²) in [5.41, 5.74) is -3.82. The van der Waals surface area contributed by atoms with Gasteiger partial charge in [0.1, 0.15) is 12.3 Å². The van der Waals surface area contributed by atoms with Crippen LogP contribution >= 0.6 is 15.8 Å². The smallest absolute Gasteiger partial charge is 0.485 e. The summed E-state index contributed by atoms with van der Waals surface area (Å²) in [6.45, 7) is 0. The molecule has 257 valence electrons. The Hall–Kier alpha value is -3.52. The van der Waals surface area contributed by atoms with E-state index in [0.29, 0.717) is 0 Å². The van der Waals surface area contributed by atoms with Gasteiger partial charge in [-0.2, -0.15) is 13.2 Å². The van der Waals surface area contributed by atoms with Crippen LogP contribution in [0.2, 0.25) is 0 Å². The molecule has 0 aliphatic rings. The van der Waals surface area contributed by atoms with Crippen molar-refractivity contribution in [3.8, 4) is 11.4 Å². The van der Waals surface area contributed by atoms with Crippen LogP contribution in [0, 0.1) is 0 Å². The van der Waals surface area contributed by atoms with Gasteiger partial charge in [-0.1, -0.05) is 84.9 Å². The van der Waals surface area contributed by atoms with Crippen LogP contribution in [0.5, 0.6) is 0 Å². The van der Waals surface area contributed by atoms with Crippen LogP contribution in [0.4, 0.5) is 13.2 Å². The van der Waals surface area contributed by atoms with E-state index in [0.717, 1.165) is 11.4 Å². The summed E-state index contributed by atoms with van der Waals surface area (Å²) in [7, 11) is -7.66. The van der Waals surface area contributed by atoms with Crippen LogP contribution in [0.3, 0.4) is 0 Å². The fourth-order valence-corrected chi connectivity index (χ4v) is 10.9. The van der Waals surface area contributed by atoms with Crippen LogP contribution in [0.15, 0.2) is 170 Å². The van der Waals surface area contributed by atoms with E-state index in [1.807, 2.05) is 36.4 Å². The van der Waals surface area contributed by atoms with Gasteiger partial charge in [-0.15, -0.1) is 0 Å². The van der Waals surface area contributed by atoms with Gasteiger partial charge < -0.3 is 4.55 Å². The molecule has 2 aromatic heterocycles. The largest absolute Gasteiger partial charge is 0.741 e. The normalized spacial score (nSPS) is 11.0. The molecular formula is C37H34AgF3N2O3P2S+. The number of nitrogens with zero attached hydrogens (tertiary/aromatic N) is 2. The molecule has 2 heterocycles. The van der Waals surface area contributed by atoms with Crippen molar-refractivity contribution in [1.29, 1.82) is 0 Å². The number of aromatic nitrogens is 2. The molecule has 1 radical (unpaired) electrons. The number of pyridine rings is 2. The Bertz CT molecular complexity index is 1680. The van der Waals surface area contributed by atoms with Crippen molar-refractivity contribution in [2.75, 3.05) is 12.3 Å². The van der Waals surface area contributed by atoms with Gasteiger partial charge in [-0.05, 0) is 72.8 Å². The second-order valence-corrected chi connectivity index (χ2v) is 16.8. The zero-order valence-electron chi connectivity index (χ0n) is 26.0. The van der Waals surface area contributed by atoms with E-state index in [9.17, 15) is 13.2 Å². The van der Waals surface area contributed by atoms with E-state index in [2.05, 4.69) is 131 Å². The number of rotatable bonds is 8. The fourth-order valence-electron chi connectivity index (χ4n) is 4.75. The second-order valence-electron chi connectivity index (χ2n) is 10.3. The first-order chi connectivity index (χ1) is 23.1. The van der Waals surface area contributed by atoms with Gasteiger partial charge >= 0.3 is 5.51 Å². The zero-order valence-corrected chi connectivity index (χ0v) is 30.3. The van der Waals surface area contributed by atoms with Crippen LogP contribution in [-0.2, 0) is 32.5 Å². The maximum Gasteiger partial charge on any atom is 0.485 e. The quantitative estimate of drug-likeness (QED) is 0.0723. The predicted octanol–water partition coefficient (Wildman–Crippen LogP) is 6.91. The number of benzene rings is 4. The van der Waals surface area contributed by atoms with Crippen LogP contribution in [-0.4, -0.2) is 40.8 Å². The van der Waals surface area contributed by atoms with E-state index >= 15 is 0 Å². The first-order valence-electron chi connectivity index (χ1n) is 14.9. The van der Waals surface area contributed by atoms with Crippen LogP contribution < -0.4 is 21.2 Å². The summed E-state index contributed by atoms with van der Waals surface area (Å²) in [6, 6.07) is 56.1. The van der Waals surface area contributed by atoms with E-state index in [-0.39, 0.29) is 22.4 Å². The van der Waals surface area contributed by atoms with Crippen molar-refractivity contribution < 1.29 is 48.5 Å². The Morgan fingerprint density at radius 3 is 0.939 bits per heavy atom. The van der Waals surface area contributed by atoms with E-state index in [4.69, 9.17) is 13.0 Å². The zero-order chi connectivity index (χ0) is 34.2. The Labute approximate surface area is 303 Å². The minimum absolute atomic E-state index is 0. The average molecular weight is 814 g/mol. The number of hydrogen-bond donors (Lipinski definition) is 0.